The van der Waals surface area contributed by atoms with E-state index in [0.717, 1.165) is 17.0 Å². The summed E-state index contributed by atoms with van der Waals surface area (Å²) in [6, 6.07) is 2.40. The monoisotopic (exact) mass is 293 g/mol. The first-order chi connectivity index (χ1) is 9.61. The van der Waals surface area contributed by atoms with Crippen molar-refractivity contribution in [3.63, 3.8) is 0 Å². The highest BCUT2D eigenvalue weighted by atomic mass is 19.1. The van der Waals surface area contributed by atoms with Gasteiger partial charge in [-0.15, -0.1) is 0 Å². The third kappa shape index (κ3) is 2.79. The van der Waals surface area contributed by atoms with Gasteiger partial charge in [-0.05, 0) is 45.9 Å². The molecule has 0 bridgehead atoms. The quantitative estimate of drug-likeness (QED) is 0.618. The van der Waals surface area contributed by atoms with Crippen LogP contribution in [-0.2, 0) is 14.3 Å². The average Bonchev–Trinajstić information content (AvgIpc) is 2.58. The van der Waals surface area contributed by atoms with Crippen molar-refractivity contribution in [3.8, 4) is 0 Å². The van der Waals surface area contributed by atoms with E-state index in [-0.39, 0.29) is 11.3 Å². The molecule has 2 rings (SSSR count). The number of hydrogen-bond acceptors (Lipinski definition) is 4. The van der Waals surface area contributed by atoms with Gasteiger partial charge in [-0.3, -0.25) is 14.5 Å². The molecular weight excluding hydrogens is 277 g/mol. The summed E-state index contributed by atoms with van der Waals surface area (Å²) in [5, 5.41) is 0. The molecule has 0 radical (unpaired) electrons. The van der Waals surface area contributed by atoms with Crippen molar-refractivity contribution in [2.24, 2.45) is 0 Å². The molecule has 1 atom stereocenters. The van der Waals surface area contributed by atoms with Gasteiger partial charge in [-0.2, -0.15) is 0 Å². The molecule has 1 aromatic carbocycles. The lowest BCUT2D eigenvalue weighted by atomic mass is 10.1. The number of anilines is 1. The molecule has 0 aromatic heterocycles. The number of fused-ring (bicyclic) bond motifs is 1. The Hall–Kier alpha value is -2.24. The third-order valence-corrected chi connectivity index (χ3v) is 3.01. The van der Waals surface area contributed by atoms with Crippen molar-refractivity contribution < 1.29 is 23.5 Å². The predicted molar refractivity (Wildman–Crippen MR) is 73.5 cm³/mol. The molecule has 0 aliphatic carbocycles. The first kappa shape index (κ1) is 15.2. The average molecular weight is 293 g/mol. The van der Waals surface area contributed by atoms with E-state index in [2.05, 4.69) is 0 Å². The predicted octanol–water partition coefficient (Wildman–Crippen LogP) is 2.09. The van der Waals surface area contributed by atoms with Crippen LogP contribution in [0.15, 0.2) is 18.2 Å². The number of esters is 1. The van der Waals surface area contributed by atoms with Gasteiger partial charge in [0.05, 0.1) is 11.3 Å². The van der Waals surface area contributed by atoms with Crippen LogP contribution in [0.3, 0.4) is 0 Å². The van der Waals surface area contributed by atoms with Crippen LogP contribution in [0, 0.1) is 5.82 Å². The number of benzene rings is 1. The van der Waals surface area contributed by atoms with Crippen LogP contribution in [-0.4, -0.2) is 29.3 Å². The Bertz CT molecular complexity index is 633. The molecule has 0 saturated carbocycles. The summed E-state index contributed by atoms with van der Waals surface area (Å²) >= 11 is 0. The smallest absolute Gasteiger partial charge is 0.329 e. The van der Waals surface area contributed by atoms with Crippen molar-refractivity contribution in [1.82, 2.24) is 0 Å². The molecule has 1 amide bonds. The molecule has 112 valence electrons. The fourth-order valence-electron chi connectivity index (χ4n) is 2.11. The molecule has 0 N–H and O–H groups in total. The number of ketones is 1. The summed E-state index contributed by atoms with van der Waals surface area (Å²) in [5.74, 6) is -2.84. The Kier molecular flexibility index (Phi) is 3.57. The summed E-state index contributed by atoms with van der Waals surface area (Å²) in [4.78, 5) is 36.9. The maximum absolute atomic E-state index is 13.4. The maximum Gasteiger partial charge on any atom is 0.329 e. The number of amides is 1. The van der Waals surface area contributed by atoms with Crippen LogP contribution in [0.25, 0.3) is 0 Å². The zero-order valence-electron chi connectivity index (χ0n) is 12.3. The Morgan fingerprint density at radius 2 is 1.90 bits per heavy atom. The number of halogens is 1. The summed E-state index contributed by atoms with van der Waals surface area (Å²) in [6.45, 7) is 6.53. The molecular formula is C15H16FNO4. The van der Waals surface area contributed by atoms with E-state index < -0.39 is 35.1 Å². The fraction of sp³-hybridized carbons (Fsp3) is 0.400. The third-order valence-electron chi connectivity index (χ3n) is 3.01. The minimum absolute atomic E-state index is 0.0943. The Balaban J connectivity index is 2.37. The highest BCUT2D eigenvalue weighted by molar-refractivity contribution is 6.52. The SMILES string of the molecule is CC(C(=O)OC(C)(C)C)N1C(=O)C(=O)c2ccc(F)cc21. The van der Waals surface area contributed by atoms with E-state index in [1.54, 1.807) is 20.8 Å². The highest BCUT2D eigenvalue weighted by Gasteiger charge is 2.42. The van der Waals surface area contributed by atoms with Gasteiger partial charge in [-0.1, -0.05) is 0 Å². The normalized spacial score (nSPS) is 16.0. The molecule has 1 unspecified atom stereocenters. The molecule has 0 saturated heterocycles. The number of carbonyl (C=O) groups is 3. The van der Waals surface area contributed by atoms with Gasteiger partial charge in [0.15, 0.2) is 0 Å². The second-order valence-corrected chi connectivity index (χ2v) is 5.88. The molecule has 21 heavy (non-hydrogen) atoms. The van der Waals surface area contributed by atoms with Crippen molar-refractivity contribution in [1.29, 1.82) is 0 Å². The molecule has 1 heterocycles. The molecule has 1 aromatic rings. The van der Waals surface area contributed by atoms with Gasteiger partial charge in [0.25, 0.3) is 11.7 Å². The number of carbonyl (C=O) groups excluding carboxylic acids is 3. The largest absolute Gasteiger partial charge is 0.458 e. The van der Waals surface area contributed by atoms with Gasteiger partial charge in [0.2, 0.25) is 0 Å². The summed E-state index contributed by atoms with van der Waals surface area (Å²) in [6.07, 6.45) is 0. The Labute approximate surface area is 121 Å². The van der Waals surface area contributed by atoms with E-state index in [0.29, 0.717) is 0 Å². The molecule has 1 aliphatic rings. The first-order valence-electron chi connectivity index (χ1n) is 6.52. The lowest BCUT2D eigenvalue weighted by Gasteiger charge is -2.27. The van der Waals surface area contributed by atoms with Crippen LogP contribution in [0.5, 0.6) is 0 Å². The van der Waals surface area contributed by atoms with E-state index in [4.69, 9.17) is 4.74 Å². The highest BCUT2D eigenvalue weighted by Crippen LogP contribution is 2.31. The number of hydrogen-bond donors (Lipinski definition) is 0. The second-order valence-electron chi connectivity index (χ2n) is 5.88. The summed E-state index contributed by atoms with van der Waals surface area (Å²) < 4.78 is 18.6. The minimum atomic E-state index is -1.01. The molecule has 5 nitrogen and oxygen atoms in total. The van der Waals surface area contributed by atoms with Crippen molar-refractivity contribution in [2.45, 2.75) is 39.3 Å². The topological polar surface area (TPSA) is 63.7 Å². The van der Waals surface area contributed by atoms with E-state index in [1.807, 2.05) is 0 Å². The first-order valence-corrected chi connectivity index (χ1v) is 6.52. The number of rotatable bonds is 2. The van der Waals surface area contributed by atoms with Gasteiger partial charge < -0.3 is 4.74 Å². The van der Waals surface area contributed by atoms with Crippen molar-refractivity contribution >= 4 is 23.3 Å². The lowest BCUT2D eigenvalue weighted by Crippen LogP contribution is -2.45. The van der Waals surface area contributed by atoms with Gasteiger partial charge in [0, 0.05) is 0 Å². The molecule has 0 spiro atoms. The van der Waals surface area contributed by atoms with Gasteiger partial charge >= 0.3 is 5.97 Å². The maximum atomic E-state index is 13.4. The van der Waals surface area contributed by atoms with Crippen LogP contribution >= 0.6 is 0 Å². The number of nitrogens with zero attached hydrogens (tertiary/aromatic N) is 1. The zero-order valence-corrected chi connectivity index (χ0v) is 12.3. The minimum Gasteiger partial charge on any atom is -0.458 e. The number of ether oxygens (including phenoxy) is 1. The van der Waals surface area contributed by atoms with E-state index in [1.165, 1.54) is 13.0 Å². The van der Waals surface area contributed by atoms with Crippen molar-refractivity contribution in [3.05, 3.63) is 29.6 Å². The lowest BCUT2D eigenvalue weighted by molar-refractivity contribution is -0.156. The van der Waals surface area contributed by atoms with Gasteiger partial charge in [0.1, 0.15) is 17.5 Å². The van der Waals surface area contributed by atoms with Gasteiger partial charge in [-0.25, -0.2) is 9.18 Å². The van der Waals surface area contributed by atoms with Crippen LogP contribution in [0.2, 0.25) is 0 Å². The van der Waals surface area contributed by atoms with Crippen LogP contribution < -0.4 is 4.90 Å². The van der Waals surface area contributed by atoms with Crippen LogP contribution in [0.4, 0.5) is 10.1 Å². The van der Waals surface area contributed by atoms with Crippen molar-refractivity contribution in [2.75, 3.05) is 4.90 Å². The fourth-order valence-corrected chi connectivity index (χ4v) is 2.11. The standard InChI is InChI=1S/C15H16FNO4/c1-8(14(20)21-15(2,3)4)17-11-7-9(16)5-6-10(11)12(18)13(17)19/h5-8H,1-4H3. The summed E-state index contributed by atoms with van der Waals surface area (Å²) in [7, 11) is 0. The zero-order chi connectivity index (χ0) is 15.9. The number of Topliss-reactive ketones (excluding diaryl/α,β-unsaturated/α-hetero) is 1. The second kappa shape index (κ2) is 4.95. The molecule has 1 aliphatic heterocycles. The van der Waals surface area contributed by atoms with E-state index >= 15 is 0 Å². The molecule has 6 heteroatoms. The van der Waals surface area contributed by atoms with E-state index in [9.17, 15) is 18.8 Å². The Morgan fingerprint density at radius 3 is 2.48 bits per heavy atom. The molecule has 0 fully saturated rings. The summed E-state index contributed by atoms with van der Waals surface area (Å²) in [5.41, 5.74) is -0.525. The Morgan fingerprint density at radius 1 is 1.29 bits per heavy atom. The van der Waals surface area contributed by atoms with Crippen LogP contribution in [0.1, 0.15) is 38.1 Å².